The molecular weight excluding hydrogens is 232 g/mol. The van der Waals surface area contributed by atoms with E-state index in [1.54, 1.807) is 12.1 Å². The first-order valence-electron chi connectivity index (χ1n) is 5.71. The molecule has 0 radical (unpaired) electrons. The van der Waals surface area contributed by atoms with Crippen LogP contribution in [0, 0.1) is 5.92 Å². The molecule has 0 atom stereocenters. The number of benzene rings is 2. The lowest BCUT2D eigenvalue weighted by molar-refractivity contribution is 0.583. The maximum atomic E-state index is 12.3. The summed E-state index contributed by atoms with van der Waals surface area (Å²) in [6, 6.07) is 13.0. The van der Waals surface area contributed by atoms with Crippen molar-refractivity contribution in [3.05, 3.63) is 42.5 Å². The molecule has 0 amide bonds. The van der Waals surface area contributed by atoms with Crippen LogP contribution in [0.5, 0.6) is 0 Å². The van der Waals surface area contributed by atoms with Gasteiger partial charge in [0.05, 0.1) is 10.6 Å². The van der Waals surface area contributed by atoms with Gasteiger partial charge in [-0.15, -0.1) is 0 Å². The summed E-state index contributed by atoms with van der Waals surface area (Å²) in [5, 5.41) is 1.79. The highest BCUT2D eigenvalue weighted by Crippen LogP contribution is 2.24. The SMILES string of the molecule is CC(C)CS(=O)(=O)c1cccc2ccccc12. The van der Waals surface area contributed by atoms with Gasteiger partial charge in [0.1, 0.15) is 0 Å². The highest BCUT2D eigenvalue weighted by molar-refractivity contribution is 7.91. The van der Waals surface area contributed by atoms with Crippen molar-refractivity contribution in [2.24, 2.45) is 5.92 Å². The van der Waals surface area contributed by atoms with Gasteiger partial charge >= 0.3 is 0 Å². The Labute approximate surface area is 102 Å². The maximum absolute atomic E-state index is 12.3. The van der Waals surface area contributed by atoms with Gasteiger partial charge in [0.15, 0.2) is 9.84 Å². The molecule has 0 saturated carbocycles. The Morgan fingerprint density at radius 2 is 1.65 bits per heavy atom. The van der Waals surface area contributed by atoms with Crippen LogP contribution in [0.2, 0.25) is 0 Å². The van der Waals surface area contributed by atoms with Gasteiger partial charge in [-0.1, -0.05) is 50.2 Å². The minimum Gasteiger partial charge on any atom is -0.224 e. The predicted molar refractivity (Wildman–Crippen MR) is 70.8 cm³/mol. The predicted octanol–water partition coefficient (Wildman–Crippen LogP) is 3.27. The molecule has 0 spiro atoms. The average molecular weight is 248 g/mol. The minimum atomic E-state index is -3.19. The van der Waals surface area contributed by atoms with E-state index in [4.69, 9.17) is 0 Å². The smallest absolute Gasteiger partial charge is 0.179 e. The Bertz CT molecular complexity index is 622. The normalized spacial score (nSPS) is 12.2. The Balaban J connectivity index is 2.63. The molecule has 0 heterocycles. The molecule has 0 aromatic heterocycles. The summed E-state index contributed by atoms with van der Waals surface area (Å²) in [5.74, 6) is 0.333. The third-order valence-corrected chi connectivity index (χ3v) is 4.77. The Morgan fingerprint density at radius 3 is 2.35 bits per heavy atom. The number of sulfone groups is 1. The summed E-state index contributed by atoms with van der Waals surface area (Å²) in [5.41, 5.74) is 0. The van der Waals surface area contributed by atoms with Crippen molar-refractivity contribution in [1.29, 1.82) is 0 Å². The first-order chi connectivity index (χ1) is 8.00. The second kappa shape index (κ2) is 4.49. The van der Waals surface area contributed by atoms with E-state index in [0.29, 0.717) is 4.90 Å². The van der Waals surface area contributed by atoms with Crippen LogP contribution in [0.1, 0.15) is 13.8 Å². The molecule has 0 fully saturated rings. The molecule has 0 bridgehead atoms. The molecule has 0 unspecified atom stereocenters. The lowest BCUT2D eigenvalue weighted by atomic mass is 10.1. The lowest BCUT2D eigenvalue weighted by Gasteiger charge is -2.09. The van der Waals surface area contributed by atoms with E-state index in [0.717, 1.165) is 10.8 Å². The molecule has 17 heavy (non-hydrogen) atoms. The zero-order valence-electron chi connectivity index (χ0n) is 10.1. The van der Waals surface area contributed by atoms with Gasteiger partial charge in [-0.25, -0.2) is 8.42 Å². The van der Waals surface area contributed by atoms with Crippen molar-refractivity contribution in [1.82, 2.24) is 0 Å². The monoisotopic (exact) mass is 248 g/mol. The minimum absolute atomic E-state index is 0.138. The Morgan fingerprint density at radius 1 is 1.00 bits per heavy atom. The zero-order chi connectivity index (χ0) is 12.5. The zero-order valence-corrected chi connectivity index (χ0v) is 10.9. The van der Waals surface area contributed by atoms with Gasteiger partial charge < -0.3 is 0 Å². The third kappa shape index (κ3) is 2.50. The van der Waals surface area contributed by atoms with E-state index < -0.39 is 9.84 Å². The Kier molecular flexibility index (Phi) is 3.20. The number of hydrogen-bond donors (Lipinski definition) is 0. The third-order valence-electron chi connectivity index (χ3n) is 2.64. The van der Waals surface area contributed by atoms with Gasteiger partial charge in [0, 0.05) is 5.39 Å². The van der Waals surface area contributed by atoms with Crippen molar-refractivity contribution in [2.45, 2.75) is 18.7 Å². The summed E-state index contributed by atoms with van der Waals surface area (Å²) in [6.07, 6.45) is 0. The second-order valence-corrected chi connectivity index (χ2v) is 6.66. The summed E-state index contributed by atoms with van der Waals surface area (Å²) in [4.78, 5) is 0.448. The van der Waals surface area contributed by atoms with Crippen LogP contribution < -0.4 is 0 Å². The molecule has 0 aliphatic carbocycles. The molecule has 0 saturated heterocycles. The molecule has 0 N–H and O–H groups in total. The Hall–Kier alpha value is -1.35. The second-order valence-electron chi connectivity index (χ2n) is 4.65. The van der Waals surface area contributed by atoms with E-state index in [9.17, 15) is 8.42 Å². The van der Waals surface area contributed by atoms with Crippen LogP contribution in [0.25, 0.3) is 10.8 Å². The van der Waals surface area contributed by atoms with Crippen molar-refractivity contribution < 1.29 is 8.42 Å². The van der Waals surface area contributed by atoms with Crippen LogP contribution in [0.3, 0.4) is 0 Å². The van der Waals surface area contributed by atoms with Crippen molar-refractivity contribution in [3.8, 4) is 0 Å². The summed E-state index contributed by atoms with van der Waals surface area (Å²) >= 11 is 0. The molecule has 0 aliphatic heterocycles. The van der Waals surface area contributed by atoms with Gasteiger partial charge in [-0.3, -0.25) is 0 Å². The van der Waals surface area contributed by atoms with Crippen LogP contribution in [0.15, 0.2) is 47.4 Å². The van der Waals surface area contributed by atoms with E-state index in [1.807, 2.05) is 44.2 Å². The van der Waals surface area contributed by atoms with E-state index >= 15 is 0 Å². The number of hydrogen-bond acceptors (Lipinski definition) is 2. The molecule has 0 aliphatic rings. The molecule has 3 heteroatoms. The average Bonchev–Trinajstić information content (AvgIpc) is 2.26. The lowest BCUT2D eigenvalue weighted by Crippen LogP contribution is -2.12. The van der Waals surface area contributed by atoms with Crippen LogP contribution >= 0.6 is 0 Å². The quantitative estimate of drug-likeness (QED) is 0.835. The van der Waals surface area contributed by atoms with E-state index in [1.165, 1.54) is 0 Å². The summed E-state index contributed by atoms with van der Waals surface area (Å²) in [7, 11) is -3.19. The maximum Gasteiger partial charge on any atom is 0.179 e. The number of rotatable bonds is 3. The molecule has 90 valence electrons. The fourth-order valence-electron chi connectivity index (χ4n) is 2.00. The van der Waals surface area contributed by atoms with Gasteiger partial charge in [0.2, 0.25) is 0 Å². The molecular formula is C14H16O2S. The number of fused-ring (bicyclic) bond motifs is 1. The van der Waals surface area contributed by atoms with E-state index in [2.05, 4.69) is 0 Å². The van der Waals surface area contributed by atoms with Crippen LogP contribution in [0.4, 0.5) is 0 Å². The highest BCUT2D eigenvalue weighted by Gasteiger charge is 2.18. The van der Waals surface area contributed by atoms with Gasteiger partial charge in [-0.2, -0.15) is 0 Å². The van der Waals surface area contributed by atoms with E-state index in [-0.39, 0.29) is 11.7 Å². The molecule has 2 aromatic rings. The standard InChI is InChI=1S/C14H16O2S/c1-11(2)10-17(15,16)14-9-5-7-12-6-3-4-8-13(12)14/h3-9,11H,10H2,1-2H3. The molecule has 2 nitrogen and oxygen atoms in total. The fraction of sp³-hybridized carbons (Fsp3) is 0.286. The van der Waals surface area contributed by atoms with Crippen LogP contribution in [-0.2, 0) is 9.84 Å². The molecule has 2 rings (SSSR count). The van der Waals surface area contributed by atoms with Gasteiger partial charge in [0.25, 0.3) is 0 Å². The topological polar surface area (TPSA) is 34.1 Å². The van der Waals surface area contributed by atoms with Crippen molar-refractivity contribution in [2.75, 3.05) is 5.75 Å². The first-order valence-corrected chi connectivity index (χ1v) is 7.36. The molecule has 2 aromatic carbocycles. The summed E-state index contributed by atoms with van der Waals surface area (Å²) < 4.78 is 24.5. The van der Waals surface area contributed by atoms with Gasteiger partial charge in [-0.05, 0) is 17.4 Å². The van der Waals surface area contributed by atoms with Crippen molar-refractivity contribution in [3.63, 3.8) is 0 Å². The first kappa shape index (κ1) is 12.1. The summed E-state index contributed by atoms with van der Waals surface area (Å²) in [6.45, 7) is 3.84. The van der Waals surface area contributed by atoms with Crippen molar-refractivity contribution >= 4 is 20.6 Å². The largest absolute Gasteiger partial charge is 0.224 e. The fourth-order valence-corrected chi connectivity index (χ4v) is 3.86. The van der Waals surface area contributed by atoms with Crippen LogP contribution in [-0.4, -0.2) is 14.2 Å². The highest BCUT2D eigenvalue weighted by atomic mass is 32.2.